The molecule has 0 unspecified atom stereocenters. The van der Waals surface area contributed by atoms with E-state index in [9.17, 15) is 9.90 Å². The molecule has 5 heteroatoms. The number of rotatable bonds is 5. The van der Waals surface area contributed by atoms with Crippen LogP contribution >= 0.6 is 0 Å². The van der Waals surface area contributed by atoms with Gasteiger partial charge in [0.15, 0.2) is 0 Å². The van der Waals surface area contributed by atoms with E-state index >= 15 is 0 Å². The Morgan fingerprint density at radius 1 is 0.574 bits per heavy atom. The summed E-state index contributed by atoms with van der Waals surface area (Å²) in [4.78, 5) is 13.6. The summed E-state index contributed by atoms with van der Waals surface area (Å²) < 4.78 is 4.57. The van der Waals surface area contributed by atoms with E-state index in [1.807, 2.05) is 48.5 Å². The average Bonchev–Trinajstić information content (AvgIpc) is 3.64. The van der Waals surface area contributed by atoms with Crippen LogP contribution in [-0.2, 0) is 6.61 Å². The highest BCUT2D eigenvalue weighted by Crippen LogP contribution is 2.42. The standard InChI is InChI=1S/C42H29N3O2/c46-26-35-33(42(47)43-29-13-2-1-3-14-29)17-10-20-38(35)45-37-19-9-7-16-34(37)40-39(45)24-23-32-31-15-6-8-18-36(31)44(41(32)40)30-22-21-27-11-4-5-12-28(27)25-30/h1-25,46H,26H2,(H,43,47). The number of anilines is 1. The van der Waals surface area contributed by atoms with E-state index in [2.05, 4.69) is 112 Å². The molecule has 0 bridgehead atoms. The maximum atomic E-state index is 13.6. The zero-order valence-electron chi connectivity index (χ0n) is 25.4. The number of hydrogen-bond donors (Lipinski definition) is 2. The van der Waals surface area contributed by atoms with Gasteiger partial charge in [0, 0.05) is 44.0 Å². The number of amides is 1. The lowest BCUT2D eigenvalue weighted by Crippen LogP contribution is -2.16. The molecule has 0 aliphatic heterocycles. The Balaban J connectivity index is 1.36. The highest BCUT2D eigenvalue weighted by atomic mass is 16.3. The van der Waals surface area contributed by atoms with Gasteiger partial charge in [-0.15, -0.1) is 0 Å². The largest absolute Gasteiger partial charge is 0.392 e. The number of para-hydroxylation sites is 3. The third-order valence-corrected chi connectivity index (χ3v) is 9.29. The summed E-state index contributed by atoms with van der Waals surface area (Å²) in [6.07, 6.45) is 0. The van der Waals surface area contributed by atoms with Crippen molar-refractivity contribution >= 4 is 66.0 Å². The fourth-order valence-electron chi connectivity index (χ4n) is 7.24. The summed E-state index contributed by atoms with van der Waals surface area (Å²) in [6.45, 7) is -0.290. The topological polar surface area (TPSA) is 59.2 Å². The lowest BCUT2D eigenvalue weighted by atomic mass is 10.0. The molecule has 1 amide bonds. The summed E-state index contributed by atoms with van der Waals surface area (Å²) in [5, 5.41) is 20.8. The van der Waals surface area contributed by atoms with Gasteiger partial charge in [-0.2, -0.15) is 0 Å². The molecule has 0 saturated carbocycles. The Bertz CT molecular complexity index is 2670. The number of carbonyl (C=O) groups is 1. The molecule has 0 fully saturated rings. The van der Waals surface area contributed by atoms with Gasteiger partial charge in [0.1, 0.15) is 0 Å². The number of benzene rings is 7. The summed E-state index contributed by atoms with van der Waals surface area (Å²) in [5.41, 5.74) is 7.83. The third-order valence-electron chi connectivity index (χ3n) is 9.29. The number of aliphatic hydroxyl groups excluding tert-OH is 1. The molecule has 0 radical (unpaired) electrons. The van der Waals surface area contributed by atoms with Crippen molar-refractivity contribution in [1.82, 2.24) is 9.13 Å². The minimum Gasteiger partial charge on any atom is -0.392 e. The van der Waals surface area contributed by atoms with Crippen LogP contribution in [0.25, 0.3) is 65.8 Å². The lowest BCUT2D eigenvalue weighted by molar-refractivity contribution is 0.102. The second kappa shape index (κ2) is 10.7. The smallest absolute Gasteiger partial charge is 0.256 e. The van der Waals surface area contributed by atoms with Crippen molar-refractivity contribution in [2.24, 2.45) is 0 Å². The Hall–Kier alpha value is -6.17. The quantitative estimate of drug-likeness (QED) is 0.205. The van der Waals surface area contributed by atoms with Crippen LogP contribution in [0.1, 0.15) is 15.9 Å². The van der Waals surface area contributed by atoms with Crippen molar-refractivity contribution < 1.29 is 9.90 Å². The first-order valence-electron chi connectivity index (χ1n) is 15.8. The molecule has 0 aliphatic carbocycles. The maximum Gasteiger partial charge on any atom is 0.256 e. The van der Waals surface area contributed by atoms with Gasteiger partial charge < -0.3 is 19.6 Å². The van der Waals surface area contributed by atoms with E-state index in [-0.39, 0.29) is 12.5 Å². The number of aromatic nitrogens is 2. The van der Waals surface area contributed by atoms with Crippen LogP contribution in [-0.4, -0.2) is 20.1 Å². The fraction of sp³-hybridized carbons (Fsp3) is 0.0238. The summed E-state index contributed by atoms with van der Waals surface area (Å²) in [5.74, 6) is -0.262. The molecule has 5 nitrogen and oxygen atoms in total. The Morgan fingerprint density at radius 3 is 2.09 bits per heavy atom. The number of nitrogens with one attached hydrogen (secondary N) is 1. The van der Waals surface area contributed by atoms with Crippen molar-refractivity contribution in [3.05, 3.63) is 163 Å². The summed E-state index contributed by atoms with van der Waals surface area (Å²) in [7, 11) is 0. The highest BCUT2D eigenvalue weighted by molar-refractivity contribution is 6.26. The van der Waals surface area contributed by atoms with Crippen LogP contribution in [0.2, 0.25) is 0 Å². The van der Waals surface area contributed by atoms with Gasteiger partial charge in [-0.3, -0.25) is 4.79 Å². The minimum absolute atomic E-state index is 0.262. The second-order valence-corrected chi connectivity index (χ2v) is 11.9. The van der Waals surface area contributed by atoms with Crippen LogP contribution in [0.3, 0.4) is 0 Å². The monoisotopic (exact) mass is 607 g/mol. The van der Waals surface area contributed by atoms with E-state index in [0.717, 1.165) is 44.2 Å². The van der Waals surface area contributed by atoms with Crippen molar-refractivity contribution in [1.29, 1.82) is 0 Å². The Morgan fingerprint density at radius 2 is 1.28 bits per heavy atom. The zero-order valence-corrected chi connectivity index (χ0v) is 25.4. The van der Waals surface area contributed by atoms with E-state index in [1.165, 1.54) is 21.5 Å². The van der Waals surface area contributed by atoms with Gasteiger partial charge in [0.25, 0.3) is 5.91 Å². The number of hydrogen-bond acceptors (Lipinski definition) is 2. The van der Waals surface area contributed by atoms with Crippen LogP contribution in [0.15, 0.2) is 152 Å². The van der Waals surface area contributed by atoms with Crippen LogP contribution in [0, 0.1) is 0 Å². The minimum atomic E-state index is -0.290. The first kappa shape index (κ1) is 27.2. The molecule has 0 aliphatic rings. The van der Waals surface area contributed by atoms with Crippen LogP contribution in [0.4, 0.5) is 5.69 Å². The van der Waals surface area contributed by atoms with E-state index in [0.29, 0.717) is 16.8 Å². The predicted molar refractivity (Wildman–Crippen MR) is 193 cm³/mol. The molecule has 0 spiro atoms. The molecule has 0 saturated heterocycles. The van der Waals surface area contributed by atoms with E-state index < -0.39 is 0 Å². The average molecular weight is 608 g/mol. The first-order valence-corrected chi connectivity index (χ1v) is 15.8. The van der Waals surface area contributed by atoms with Crippen molar-refractivity contribution in [3.8, 4) is 11.4 Å². The molecule has 7 aromatic carbocycles. The van der Waals surface area contributed by atoms with E-state index in [1.54, 1.807) is 6.07 Å². The van der Waals surface area contributed by atoms with E-state index in [4.69, 9.17) is 0 Å². The molecule has 2 N–H and O–H groups in total. The molecule has 0 atom stereocenters. The molecule has 2 heterocycles. The molecule has 2 aromatic heterocycles. The molecule has 9 rings (SSSR count). The van der Waals surface area contributed by atoms with Gasteiger partial charge in [-0.25, -0.2) is 0 Å². The zero-order chi connectivity index (χ0) is 31.5. The predicted octanol–water partition coefficient (Wildman–Crippen LogP) is 9.78. The molecule has 224 valence electrons. The van der Waals surface area contributed by atoms with Crippen LogP contribution in [0.5, 0.6) is 0 Å². The maximum absolute atomic E-state index is 13.6. The van der Waals surface area contributed by atoms with Gasteiger partial charge in [-0.05, 0) is 65.4 Å². The van der Waals surface area contributed by atoms with Gasteiger partial charge in [0.2, 0.25) is 0 Å². The fourth-order valence-corrected chi connectivity index (χ4v) is 7.24. The van der Waals surface area contributed by atoms with Crippen LogP contribution < -0.4 is 5.32 Å². The molecule has 9 aromatic rings. The summed E-state index contributed by atoms with van der Waals surface area (Å²) in [6, 6.07) is 51.5. The summed E-state index contributed by atoms with van der Waals surface area (Å²) >= 11 is 0. The van der Waals surface area contributed by atoms with Crippen molar-refractivity contribution in [2.75, 3.05) is 5.32 Å². The molecule has 47 heavy (non-hydrogen) atoms. The first-order chi connectivity index (χ1) is 23.2. The lowest BCUT2D eigenvalue weighted by Gasteiger charge is -2.16. The number of aliphatic hydroxyl groups is 1. The van der Waals surface area contributed by atoms with Gasteiger partial charge in [0.05, 0.1) is 34.4 Å². The van der Waals surface area contributed by atoms with Crippen molar-refractivity contribution in [2.45, 2.75) is 6.61 Å². The van der Waals surface area contributed by atoms with Crippen molar-refractivity contribution in [3.63, 3.8) is 0 Å². The highest BCUT2D eigenvalue weighted by Gasteiger charge is 2.23. The second-order valence-electron chi connectivity index (χ2n) is 11.9. The third kappa shape index (κ3) is 4.18. The number of fused-ring (bicyclic) bond motifs is 8. The van der Waals surface area contributed by atoms with Gasteiger partial charge >= 0.3 is 0 Å². The van der Waals surface area contributed by atoms with Gasteiger partial charge in [-0.1, -0.05) is 97.1 Å². The molecular formula is C42H29N3O2. The SMILES string of the molecule is O=C(Nc1ccccc1)c1cccc(-n2c3ccccc3c3c2ccc2c4ccccc4n(-c4ccc5ccccc5c4)c23)c1CO. The normalized spacial score (nSPS) is 11.7. The Labute approximate surface area is 270 Å². The number of nitrogens with zero attached hydrogens (tertiary/aromatic N) is 2. The number of carbonyl (C=O) groups excluding carboxylic acids is 1. The Kier molecular flexibility index (Phi) is 6.20. The molecular weight excluding hydrogens is 578 g/mol.